The van der Waals surface area contributed by atoms with Gasteiger partial charge in [0, 0.05) is 18.8 Å². The zero-order valence-electron chi connectivity index (χ0n) is 14.5. The second kappa shape index (κ2) is 10.1. The molecule has 23 heavy (non-hydrogen) atoms. The van der Waals surface area contributed by atoms with Crippen molar-refractivity contribution in [1.29, 1.82) is 0 Å². The highest BCUT2D eigenvalue weighted by Gasteiger charge is 1.99. The van der Waals surface area contributed by atoms with E-state index < -0.39 is 0 Å². The second-order valence-corrected chi connectivity index (χ2v) is 5.96. The molecule has 0 aromatic heterocycles. The zero-order chi connectivity index (χ0) is 16.3. The van der Waals surface area contributed by atoms with Gasteiger partial charge in [0.1, 0.15) is 0 Å². The molecular weight excluding hydrogens is 282 g/mol. The Morgan fingerprint density at radius 3 is 2.00 bits per heavy atom. The van der Waals surface area contributed by atoms with Gasteiger partial charge in [-0.1, -0.05) is 63.1 Å². The Bertz CT molecular complexity index is 545. The summed E-state index contributed by atoms with van der Waals surface area (Å²) >= 11 is 0. The molecule has 0 atom stereocenters. The zero-order valence-corrected chi connectivity index (χ0v) is 14.5. The minimum absolute atomic E-state index is 0.709. The molecule has 0 aliphatic heterocycles. The number of anilines is 1. The van der Waals surface area contributed by atoms with Gasteiger partial charge >= 0.3 is 0 Å². The SMILES string of the molecule is CCCCNc1ccc(-c2ccc(COCCCC)cc2)cc1. The maximum absolute atomic E-state index is 5.66. The molecule has 2 aromatic rings. The van der Waals surface area contributed by atoms with Gasteiger partial charge in [-0.05, 0) is 41.7 Å². The van der Waals surface area contributed by atoms with Crippen molar-refractivity contribution in [2.24, 2.45) is 0 Å². The molecule has 0 spiro atoms. The van der Waals surface area contributed by atoms with Crippen LogP contribution in [0, 0.1) is 0 Å². The number of hydrogen-bond donors (Lipinski definition) is 1. The molecule has 0 aliphatic carbocycles. The number of nitrogens with one attached hydrogen (secondary N) is 1. The van der Waals surface area contributed by atoms with Crippen molar-refractivity contribution in [3.05, 3.63) is 54.1 Å². The van der Waals surface area contributed by atoms with Gasteiger partial charge in [0.2, 0.25) is 0 Å². The summed E-state index contributed by atoms with van der Waals surface area (Å²) < 4.78 is 5.66. The number of ether oxygens (including phenoxy) is 1. The predicted octanol–water partition coefficient (Wildman–Crippen LogP) is 5.88. The molecule has 0 fully saturated rings. The first-order valence-corrected chi connectivity index (χ1v) is 8.84. The standard InChI is InChI=1S/C21H29NO/c1-3-5-15-22-21-13-11-20(12-14-21)19-9-7-18(8-10-19)17-23-16-6-4-2/h7-14,22H,3-6,15-17H2,1-2H3. The van der Waals surface area contributed by atoms with Gasteiger partial charge in [-0.2, -0.15) is 0 Å². The number of benzene rings is 2. The van der Waals surface area contributed by atoms with E-state index in [-0.39, 0.29) is 0 Å². The van der Waals surface area contributed by atoms with Gasteiger partial charge in [0.25, 0.3) is 0 Å². The summed E-state index contributed by atoms with van der Waals surface area (Å²) in [4.78, 5) is 0. The smallest absolute Gasteiger partial charge is 0.0716 e. The highest BCUT2D eigenvalue weighted by molar-refractivity contribution is 5.66. The van der Waals surface area contributed by atoms with Crippen molar-refractivity contribution in [3.8, 4) is 11.1 Å². The maximum atomic E-state index is 5.66. The number of rotatable bonds is 10. The van der Waals surface area contributed by atoms with Gasteiger partial charge in [-0.15, -0.1) is 0 Å². The summed E-state index contributed by atoms with van der Waals surface area (Å²) in [5.74, 6) is 0. The summed E-state index contributed by atoms with van der Waals surface area (Å²) in [7, 11) is 0. The van der Waals surface area contributed by atoms with Crippen LogP contribution in [-0.2, 0) is 11.3 Å². The Morgan fingerprint density at radius 2 is 1.39 bits per heavy atom. The van der Waals surface area contributed by atoms with E-state index in [0.29, 0.717) is 6.61 Å². The molecule has 2 heteroatoms. The molecule has 0 heterocycles. The lowest BCUT2D eigenvalue weighted by molar-refractivity contribution is 0.118. The maximum Gasteiger partial charge on any atom is 0.0716 e. The molecule has 0 bridgehead atoms. The summed E-state index contributed by atoms with van der Waals surface area (Å²) in [6.45, 7) is 7.00. The van der Waals surface area contributed by atoms with Crippen molar-refractivity contribution in [1.82, 2.24) is 0 Å². The topological polar surface area (TPSA) is 21.3 Å². The highest BCUT2D eigenvalue weighted by atomic mass is 16.5. The first-order valence-electron chi connectivity index (χ1n) is 8.84. The molecule has 0 radical (unpaired) electrons. The molecular formula is C21H29NO. The first kappa shape index (κ1) is 17.6. The average molecular weight is 311 g/mol. The van der Waals surface area contributed by atoms with E-state index in [1.54, 1.807) is 0 Å². The Labute approximate surface area is 140 Å². The number of unbranched alkanes of at least 4 members (excludes halogenated alkanes) is 2. The van der Waals surface area contributed by atoms with Gasteiger partial charge in [0.05, 0.1) is 6.61 Å². The van der Waals surface area contributed by atoms with Crippen LogP contribution in [0.15, 0.2) is 48.5 Å². The Balaban J connectivity index is 1.88. The fourth-order valence-electron chi connectivity index (χ4n) is 2.42. The lowest BCUT2D eigenvalue weighted by atomic mass is 10.0. The summed E-state index contributed by atoms with van der Waals surface area (Å²) in [6, 6.07) is 17.4. The molecule has 0 unspecified atom stereocenters. The highest BCUT2D eigenvalue weighted by Crippen LogP contribution is 2.22. The van der Waals surface area contributed by atoms with Crippen molar-refractivity contribution < 1.29 is 4.74 Å². The van der Waals surface area contributed by atoms with Crippen LogP contribution in [0.2, 0.25) is 0 Å². The van der Waals surface area contributed by atoms with E-state index in [4.69, 9.17) is 4.74 Å². The fourth-order valence-corrected chi connectivity index (χ4v) is 2.42. The molecule has 1 N–H and O–H groups in total. The quantitative estimate of drug-likeness (QED) is 0.553. The van der Waals surface area contributed by atoms with Crippen molar-refractivity contribution in [2.75, 3.05) is 18.5 Å². The number of hydrogen-bond acceptors (Lipinski definition) is 2. The minimum atomic E-state index is 0.709. The van der Waals surface area contributed by atoms with E-state index in [9.17, 15) is 0 Å². The Kier molecular flexibility index (Phi) is 7.68. The Hall–Kier alpha value is -1.80. The Morgan fingerprint density at radius 1 is 0.783 bits per heavy atom. The third kappa shape index (κ3) is 6.07. The fraction of sp³-hybridized carbons (Fsp3) is 0.429. The van der Waals surface area contributed by atoms with E-state index in [1.165, 1.54) is 41.6 Å². The summed E-state index contributed by atoms with van der Waals surface area (Å²) in [5, 5.41) is 3.45. The van der Waals surface area contributed by atoms with E-state index in [0.717, 1.165) is 19.6 Å². The summed E-state index contributed by atoms with van der Waals surface area (Å²) in [6.07, 6.45) is 4.75. The van der Waals surface area contributed by atoms with Crippen LogP contribution < -0.4 is 5.32 Å². The van der Waals surface area contributed by atoms with Gasteiger partial charge < -0.3 is 10.1 Å². The minimum Gasteiger partial charge on any atom is -0.385 e. The molecule has 124 valence electrons. The van der Waals surface area contributed by atoms with Gasteiger partial charge in [-0.3, -0.25) is 0 Å². The van der Waals surface area contributed by atoms with Gasteiger partial charge in [-0.25, -0.2) is 0 Å². The monoisotopic (exact) mass is 311 g/mol. The van der Waals surface area contributed by atoms with Crippen molar-refractivity contribution in [3.63, 3.8) is 0 Å². The molecule has 0 amide bonds. The first-order chi connectivity index (χ1) is 11.3. The van der Waals surface area contributed by atoms with Gasteiger partial charge in [0.15, 0.2) is 0 Å². The van der Waals surface area contributed by atoms with Crippen molar-refractivity contribution >= 4 is 5.69 Å². The lowest BCUT2D eigenvalue weighted by Crippen LogP contribution is -2.00. The summed E-state index contributed by atoms with van der Waals surface area (Å²) in [5.41, 5.74) is 4.94. The van der Waals surface area contributed by atoms with Crippen LogP contribution in [0.25, 0.3) is 11.1 Å². The molecule has 2 nitrogen and oxygen atoms in total. The molecule has 2 rings (SSSR count). The van der Waals surface area contributed by atoms with E-state index in [1.807, 2.05) is 0 Å². The predicted molar refractivity (Wildman–Crippen MR) is 99.8 cm³/mol. The largest absolute Gasteiger partial charge is 0.385 e. The molecule has 0 saturated heterocycles. The molecule has 0 saturated carbocycles. The van der Waals surface area contributed by atoms with Crippen LogP contribution in [0.5, 0.6) is 0 Å². The van der Waals surface area contributed by atoms with Crippen LogP contribution >= 0.6 is 0 Å². The van der Waals surface area contributed by atoms with Crippen LogP contribution in [0.3, 0.4) is 0 Å². The van der Waals surface area contributed by atoms with Crippen LogP contribution in [0.1, 0.15) is 45.1 Å². The normalized spacial score (nSPS) is 10.7. The second-order valence-electron chi connectivity index (χ2n) is 5.96. The molecule has 0 aliphatic rings. The third-order valence-corrected chi connectivity index (χ3v) is 3.94. The molecule has 2 aromatic carbocycles. The lowest BCUT2D eigenvalue weighted by Gasteiger charge is -2.08. The van der Waals surface area contributed by atoms with Crippen LogP contribution in [0.4, 0.5) is 5.69 Å². The van der Waals surface area contributed by atoms with Crippen LogP contribution in [-0.4, -0.2) is 13.2 Å². The van der Waals surface area contributed by atoms with Crippen molar-refractivity contribution in [2.45, 2.75) is 46.1 Å². The average Bonchev–Trinajstić information content (AvgIpc) is 2.60. The third-order valence-electron chi connectivity index (χ3n) is 3.94. The van der Waals surface area contributed by atoms with E-state index in [2.05, 4.69) is 67.7 Å². The van der Waals surface area contributed by atoms with E-state index >= 15 is 0 Å².